The molecule has 22 heavy (non-hydrogen) atoms. The standard InChI is InChI=1S/C15H17BrN4OS/c1-21-14-3-2-10(5-17-14)7-20-11-4-12(20)9-19(8-11)15-18-6-13(16)22-15/h2-3,5-6,11-12H,4,7-9H2,1H3. The molecule has 0 amide bonds. The zero-order valence-electron chi connectivity index (χ0n) is 12.3. The van der Waals surface area contributed by atoms with Gasteiger partial charge in [-0.3, -0.25) is 4.90 Å². The monoisotopic (exact) mass is 380 g/mol. The predicted molar refractivity (Wildman–Crippen MR) is 90.6 cm³/mol. The molecule has 2 atom stereocenters. The van der Waals surface area contributed by atoms with Crippen LogP contribution in [0.3, 0.4) is 0 Å². The molecule has 2 aromatic rings. The van der Waals surface area contributed by atoms with Gasteiger partial charge in [0.05, 0.1) is 17.1 Å². The highest BCUT2D eigenvalue weighted by Gasteiger charge is 2.44. The van der Waals surface area contributed by atoms with E-state index in [0.29, 0.717) is 18.0 Å². The van der Waals surface area contributed by atoms with Crippen molar-refractivity contribution in [3.63, 3.8) is 0 Å². The number of piperazine rings is 1. The van der Waals surface area contributed by atoms with Crippen molar-refractivity contribution >= 4 is 32.4 Å². The Kier molecular flexibility index (Phi) is 3.79. The van der Waals surface area contributed by atoms with E-state index in [1.807, 2.05) is 18.5 Å². The molecule has 0 aromatic carbocycles. The van der Waals surface area contributed by atoms with Crippen molar-refractivity contribution in [3.05, 3.63) is 33.9 Å². The minimum absolute atomic E-state index is 0.628. The van der Waals surface area contributed by atoms with Crippen LogP contribution in [0.2, 0.25) is 0 Å². The molecular weight excluding hydrogens is 364 g/mol. The summed E-state index contributed by atoms with van der Waals surface area (Å²) in [6, 6.07) is 5.30. The highest BCUT2D eigenvalue weighted by Crippen LogP contribution is 2.37. The maximum Gasteiger partial charge on any atom is 0.212 e. The van der Waals surface area contributed by atoms with Crippen LogP contribution in [0.15, 0.2) is 28.3 Å². The van der Waals surface area contributed by atoms with E-state index < -0.39 is 0 Å². The Balaban J connectivity index is 1.40. The second kappa shape index (κ2) is 5.79. The van der Waals surface area contributed by atoms with E-state index in [4.69, 9.17) is 4.74 Å². The van der Waals surface area contributed by atoms with Crippen molar-refractivity contribution in [2.24, 2.45) is 0 Å². The van der Waals surface area contributed by atoms with Crippen LogP contribution in [0.25, 0.3) is 0 Å². The van der Waals surface area contributed by atoms with E-state index in [0.717, 1.165) is 28.6 Å². The number of aromatic nitrogens is 2. The normalized spacial score (nSPS) is 24.2. The summed E-state index contributed by atoms with van der Waals surface area (Å²) in [7, 11) is 1.65. The van der Waals surface area contributed by atoms with Gasteiger partial charge in [0.25, 0.3) is 0 Å². The van der Waals surface area contributed by atoms with Gasteiger partial charge in [-0.05, 0) is 27.9 Å². The van der Waals surface area contributed by atoms with E-state index in [2.05, 4.69) is 41.8 Å². The first kappa shape index (κ1) is 14.4. The number of ether oxygens (including phenoxy) is 1. The number of pyridine rings is 1. The molecule has 0 radical (unpaired) electrons. The largest absolute Gasteiger partial charge is 0.481 e. The summed E-state index contributed by atoms with van der Waals surface area (Å²) in [5, 5.41) is 1.13. The van der Waals surface area contributed by atoms with Gasteiger partial charge in [0, 0.05) is 44.0 Å². The molecule has 5 rings (SSSR count). The van der Waals surface area contributed by atoms with Gasteiger partial charge >= 0.3 is 0 Å². The third-order valence-corrected chi connectivity index (χ3v) is 5.99. The van der Waals surface area contributed by atoms with Gasteiger partial charge in [-0.2, -0.15) is 0 Å². The van der Waals surface area contributed by atoms with Crippen LogP contribution in [0.5, 0.6) is 5.88 Å². The zero-order chi connectivity index (χ0) is 15.1. The SMILES string of the molecule is COc1ccc(CN2C3CC2CN(c2ncc(Br)s2)C3)cn1. The van der Waals surface area contributed by atoms with Crippen molar-refractivity contribution < 1.29 is 4.74 Å². The topological polar surface area (TPSA) is 41.5 Å². The molecule has 0 spiro atoms. The predicted octanol–water partition coefficient (Wildman–Crippen LogP) is 2.77. The number of piperidine rings is 1. The first-order valence-corrected chi connectivity index (χ1v) is 8.95. The third-order valence-electron chi connectivity index (χ3n) is 4.45. The van der Waals surface area contributed by atoms with Crippen LogP contribution in [-0.4, -0.2) is 47.2 Å². The fraction of sp³-hybridized carbons (Fsp3) is 0.467. The van der Waals surface area contributed by atoms with Gasteiger partial charge in [0.2, 0.25) is 5.88 Å². The molecule has 3 aliphatic heterocycles. The van der Waals surface area contributed by atoms with E-state index in [-0.39, 0.29) is 0 Å². The number of halogens is 1. The Bertz CT molecular complexity index is 650. The molecular formula is C15H17BrN4OS. The summed E-state index contributed by atoms with van der Waals surface area (Å²) in [6.07, 6.45) is 5.11. The smallest absolute Gasteiger partial charge is 0.212 e. The molecule has 0 N–H and O–H groups in total. The summed E-state index contributed by atoms with van der Waals surface area (Å²) in [5.41, 5.74) is 1.25. The highest BCUT2D eigenvalue weighted by atomic mass is 79.9. The minimum atomic E-state index is 0.628. The number of thiazole rings is 1. The number of methoxy groups -OCH3 is 1. The fourth-order valence-corrected chi connectivity index (χ4v) is 4.53. The lowest BCUT2D eigenvalue weighted by Gasteiger charge is -2.56. The molecule has 2 unspecified atom stereocenters. The van der Waals surface area contributed by atoms with E-state index in [1.165, 1.54) is 12.0 Å². The summed E-state index contributed by atoms with van der Waals surface area (Å²) in [4.78, 5) is 13.8. The van der Waals surface area contributed by atoms with E-state index in [9.17, 15) is 0 Å². The van der Waals surface area contributed by atoms with Crippen LogP contribution < -0.4 is 9.64 Å². The summed E-state index contributed by atoms with van der Waals surface area (Å²) < 4.78 is 6.21. The number of hydrogen-bond donors (Lipinski definition) is 0. The van der Waals surface area contributed by atoms with Crippen molar-refractivity contribution in [2.75, 3.05) is 25.1 Å². The van der Waals surface area contributed by atoms with Crippen molar-refractivity contribution in [1.29, 1.82) is 0 Å². The number of nitrogens with zero attached hydrogens (tertiary/aromatic N) is 4. The number of hydrogen-bond acceptors (Lipinski definition) is 6. The lowest BCUT2D eigenvalue weighted by molar-refractivity contribution is -0.00852. The molecule has 3 fully saturated rings. The summed E-state index contributed by atoms with van der Waals surface area (Å²) in [5.74, 6) is 0.674. The van der Waals surface area contributed by atoms with E-state index >= 15 is 0 Å². The Hall–Kier alpha value is -1.18. The average Bonchev–Trinajstić information content (AvgIpc) is 3.00. The first-order valence-electron chi connectivity index (χ1n) is 7.34. The maximum absolute atomic E-state index is 5.11. The van der Waals surface area contributed by atoms with Gasteiger partial charge in [0.15, 0.2) is 5.13 Å². The molecule has 5 heterocycles. The van der Waals surface area contributed by atoms with Gasteiger partial charge in [0.1, 0.15) is 0 Å². The molecule has 2 bridgehead atoms. The van der Waals surface area contributed by atoms with Gasteiger partial charge in [-0.15, -0.1) is 0 Å². The fourth-order valence-electron chi connectivity index (χ4n) is 3.33. The lowest BCUT2D eigenvalue weighted by atomic mass is 9.87. The summed E-state index contributed by atoms with van der Waals surface area (Å²) >= 11 is 5.21. The molecule has 0 saturated carbocycles. The molecule has 3 aliphatic rings. The number of anilines is 1. The van der Waals surface area contributed by atoms with Crippen molar-refractivity contribution in [3.8, 4) is 5.88 Å². The molecule has 0 aliphatic carbocycles. The van der Waals surface area contributed by atoms with Gasteiger partial charge < -0.3 is 9.64 Å². The Morgan fingerprint density at radius 3 is 2.68 bits per heavy atom. The zero-order valence-corrected chi connectivity index (χ0v) is 14.7. The van der Waals surface area contributed by atoms with Crippen molar-refractivity contribution in [2.45, 2.75) is 25.0 Å². The van der Waals surface area contributed by atoms with Crippen molar-refractivity contribution in [1.82, 2.24) is 14.9 Å². The molecule has 3 saturated heterocycles. The van der Waals surface area contributed by atoms with Crippen LogP contribution in [0.1, 0.15) is 12.0 Å². The quantitative estimate of drug-likeness (QED) is 0.815. The molecule has 7 heteroatoms. The molecule has 5 nitrogen and oxygen atoms in total. The second-order valence-corrected chi connectivity index (χ2v) is 8.16. The molecule has 2 aromatic heterocycles. The minimum Gasteiger partial charge on any atom is -0.481 e. The third kappa shape index (κ3) is 2.61. The lowest BCUT2D eigenvalue weighted by Crippen LogP contribution is -2.68. The Morgan fingerprint density at radius 2 is 2.09 bits per heavy atom. The van der Waals surface area contributed by atoms with Crippen LogP contribution >= 0.6 is 27.3 Å². The van der Waals surface area contributed by atoms with Crippen LogP contribution in [0, 0.1) is 0 Å². The molecule has 116 valence electrons. The number of rotatable bonds is 4. The van der Waals surface area contributed by atoms with Crippen LogP contribution in [0.4, 0.5) is 5.13 Å². The van der Waals surface area contributed by atoms with E-state index in [1.54, 1.807) is 18.4 Å². The first-order chi connectivity index (χ1) is 10.7. The summed E-state index contributed by atoms with van der Waals surface area (Å²) in [6.45, 7) is 3.11. The average molecular weight is 381 g/mol. The Labute approximate surface area is 142 Å². The van der Waals surface area contributed by atoms with Gasteiger partial charge in [-0.1, -0.05) is 17.4 Å². The second-order valence-electron chi connectivity index (χ2n) is 5.78. The maximum atomic E-state index is 5.11. The Morgan fingerprint density at radius 1 is 1.27 bits per heavy atom. The van der Waals surface area contributed by atoms with Crippen LogP contribution in [-0.2, 0) is 6.54 Å². The number of fused-ring (bicyclic) bond motifs is 2. The highest BCUT2D eigenvalue weighted by molar-refractivity contribution is 9.11. The van der Waals surface area contributed by atoms with Gasteiger partial charge in [-0.25, -0.2) is 9.97 Å².